The van der Waals surface area contributed by atoms with E-state index >= 15 is 0 Å². The predicted molar refractivity (Wildman–Crippen MR) is 174 cm³/mol. The molecule has 0 unspecified atom stereocenters. The lowest BCUT2D eigenvalue weighted by molar-refractivity contribution is -0.123. The van der Waals surface area contributed by atoms with Crippen LogP contribution in [0.4, 0.5) is 5.82 Å². The largest absolute Gasteiger partial charge is 0.497 e. The first-order valence-corrected chi connectivity index (χ1v) is 15.9. The summed E-state index contributed by atoms with van der Waals surface area (Å²) in [7, 11) is 4.86. The Hall–Kier alpha value is -4.48. The number of benzene rings is 3. The van der Waals surface area contributed by atoms with Crippen molar-refractivity contribution in [1.82, 2.24) is 15.1 Å². The van der Waals surface area contributed by atoms with Crippen molar-refractivity contribution >= 4 is 29.4 Å². The number of aromatic nitrogens is 2. The molecule has 6 rings (SSSR count). The molecule has 2 aliphatic heterocycles. The van der Waals surface area contributed by atoms with Crippen molar-refractivity contribution in [3.05, 3.63) is 83.9 Å². The quantitative estimate of drug-likeness (QED) is 0.261. The van der Waals surface area contributed by atoms with Crippen LogP contribution in [-0.2, 0) is 14.3 Å². The van der Waals surface area contributed by atoms with Gasteiger partial charge in [-0.25, -0.2) is 4.68 Å². The molecule has 2 atom stereocenters. The fourth-order valence-electron chi connectivity index (χ4n) is 5.75. The Kier molecular flexibility index (Phi) is 9.27. The third-order valence-corrected chi connectivity index (χ3v) is 9.26. The van der Waals surface area contributed by atoms with Gasteiger partial charge in [-0.05, 0) is 55.3 Å². The Morgan fingerprint density at radius 1 is 1.00 bits per heavy atom. The Balaban J connectivity index is 1.55. The molecule has 4 aromatic rings. The molecule has 3 aromatic carbocycles. The van der Waals surface area contributed by atoms with Crippen molar-refractivity contribution in [2.45, 2.75) is 24.2 Å². The minimum atomic E-state index is -0.379. The normalized spacial score (nSPS) is 17.8. The average molecular weight is 629 g/mol. The lowest BCUT2D eigenvalue weighted by Gasteiger charge is -2.24. The molecule has 11 heteroatoms. The molecule has 1 aromatic heterocycles. The molecule has 10 nitrogen and oxygen atoms in total. The summed E-state index contributed by atoms with van der Waals surface area (Å²) in [4.78, 5) is 29.0. The van der Waals surface area contributed by atoms with E-state index in [4.69, 9.17) is 24.0 Å². The van der Waals surface area contributed by atoms with Crippen LogP contribution in [0.25, 0.3) is 16.9 Å². The zero-order valence-electron chi connectivity index (χ0n) is 25.5. The highest BCUT2D eigenvalue weighted by molar-refractivity contribution is 8.00. The molecule has 234 valence electrons. The van der Waals surface area contributed by atoms with Crippen LogP contribution >= 0.6 is 11.8 Å². The van der Waals surface area contributed by atoms with Gasteiger partial charge >= 0.3 is 0 Å². The number of nitrogens with zero attached hydrogens (tertiary/aromatic N) is 3. The lowest BCUT2D eigenvalue weighted by atomic mass is 9.98. The zero-order chi connectivity index (χ0) is 31.3. The van der Waals surface area contributed by atoms with Gasteiger partial charge in [-0.1, -0.05) is 30.3 Å². The van der Waals surface area contributed by atoms with Gasteiger partial charge in [0, 0.05) is 29.8 Å². The monoisotopic (exact) mass is 628 g/mol. The summed E-state index contributed by atoms with van der Waals surface area (Å²) in [5.41, 5.74) is 3.93. The maximum atomic E-state index is 14.0. The number of fused-ring (bicyclic) bond motifs is 1. The Labute approximate surface area is 266 Å². The first-order chi connectivity index (χ1) is 22.0. The summed E-state index contributed by atoms with van der Waals surface area (Å²) in [5, 5.41) is 7.76. The second-order valence-corrected chi connectivity index (χ2v) is 11.9. The average Bonchev–Trinajstić information content (AvgIpc) is 3.72. The third kappa shape index (κ3) is 6.36. The smallest absolute Gasteiger partial charge is 0.240 e. The molecule has 0 bridgehead atoms. The van der Waals surface area contributed by atoms with E-state index in [9.17, 15) is 9.59 Å². The molecule has 1 N–H and O–H groups in total. The SMILES string of the molecule is COc1ccc(-n2nc(-c3ccccc3)c3c2N(CC(=O)NC[C@@H]2CCCO2)C(=O)CS[C@@H]3c2cc(OC)ccc2OC)cc1. The van der Waals surface area contributed by atoms with Gasteiger partial charge in [-0.15, -0.1) is 11.8 Å². The van der Waals surface area contributed by atoms with Crippen LogP contribution in [0.5, 0.6) is 17.2 Å². The predicted octanol–water partition coefficient (Wildman–Crippen LogP) is 5.03. The number of ether oxygens (including phenoxy) is 4. The number of amides is 2. The van der Waals surface area contributed by atoms with E-state index in [0.717, 1.165) is 35.2 Å². The second-order valence-electron chi connectivity index (χ2n) is 10.8. The Morgan fingerprint density at radius 2 is 1.76 bits per heavy atom. The van der Waals surface area contributed by atoms with E-state index in [1.54, 1.807) is 30.9 Å². The standard InChI is InChI=1S/C34H36N4O6S/c1-41-24-13-11-23(12-14-24)38-34-31(32(36-38)22-8-5-4-6-9-22)33(27-18-25(42-2)15-16-28(27)43-3)45-21-30(40)37(34)20-29(39)35-19-26-10-7-17-44-26/h4-6,8-9,11-16,18,26,33H,7,10,17,19-21H2,1-3H3,(H,35,39)/t26-,33+/m0/s1. The summed E-state index contributed by atoms with van der Waals surface area (Å²) in [6, 6.07) is 23.0. The zero-order valence-corrected chi connectivity index (χ0v) is 26.3. The van der Waals surface area contributed by atoms with Crippen LogP contribution in [0, 0.1) is 0 Å². The molecule has 2 amide bonds. The highest BCUT2D eigenvalue weighted by atomic mass is 32.2. The van der Waals surface area contributed by atoms with Gasteiger partial charge in [0.1, 0.15) is 29.6 Å². The van der Waals surface area contributed by atoms with E-state index < -0.39 is 0 Å². The number of nitrogens with one attached hydrogen (secondary N) is 1. The van der Waals surface area contributed by atoms with Gasteiger partial charge in [0.15, 0.2) is 0 Å². The maximum absolute atomic E-state index is 14.0. The minimum absolute atomic E-state index is 0.0145. The Bertz CT molecular complexity index is 1650. The van der Waals surface area contributed by atoms with Crippen molar-refractivity contribution in [2.24, 2.45) is 0 Å². The first-order valence-electron chi connectivity index (χ1n) is 14.9. The minimum Gasteiger partial charge on any atom is -0.497 e. The topological polar surface area (TPSA) is 104 Å². The van der Waals surface area contributed by atoms with Crippen LogP contribution in [0.1, 0.15) is 29.2 Å². The molecule has 0 aliphatic carbocycles. The van der Waals surface area contributed by atoms with Gasteiger partial charge in [-0.2, -0.15) is 5.10 Å². The van der Waals surface area contributed by atoms with Crippen LogP contribution in [0.2, 0.25) is 0 Å². The molecule has 1 fully saturated rings. The van der Waals surface area contributed by atoms with Crippen LogP contribution < -0.4 is 24.4 Å². The van der Waals surface area contributed by atoms with Crippen molar-refractivity contribution in [2.75, 3.05) is 51.7 Å². The van der Waals surface area contributed by atoms with Crippen LogP contribution in [-0.4, -0.2) is 74.5 Å². The van der Waals surface area contributed by atoms with Gasteiger partial charge in [0.2, 0.25) is 11.8 Å². The van der Waals surface area contributed by atoms with E-state index in [-0.39, 0.29) is 35.5 Å². The van der Waals surface area contributed by atoms with Crippen molar-refractivity contribution in [3.8, 4) is 34.2 Å². The van der Waals surface area contributed by atoms with Crippen molar-refractivity contribution in [1.29, 1.82) is 0 Å². The third-order valence-electron chi connectivity index (χ3n) is 8.03. The summed E-state index contributed by atoms with van der Waals surface area (Å²) >= 11 is 1.47. The fourth-order valence-corrected chi connectivity index (χ4v) is 6.97. The van der Waals surface area contributed by atoms with E-state index in [1.807, 2.05) is 72.8 Å². The number of carbonyl (C=O) groups is 2. The summed E-state index contributed by atoms with van der Waals surface area (Å²) in [5.74, 6) is 2.20. The fraction of sp³-hybridized carbons (Fsp3) is 0.324. The summed E-state index contributed by atoms with van der Waals surface area (Å²) in [6.45, 7) is 0.931. The molecule has 0 spiro atoms. The van der Waals surface area contributed by atoms with Gasteiger partial charge in [-0.3, -0.25) is 14.5 Å². The lowest BCUT2D eigenvalue weighted by Crippen LogP contribution is -2.44. The van der Waals surface area contributed by atoms with Gasteiger partial charge in [0.05, 0.1) is 49.8 Å². The number of rotatable bonds is 10. The summed E-state index contributed by atoms with van der Waals surface area (Å²) < 4.78 is 24.3. The maximum Gasteiger partial charge on any atom is 0.240 e. The highest BCUT2D eigenvalue weighted by Crippen LogP contribution is 2.51. The van der Waals surface area contributed by atoms with Crippen molar-refractivity contribution < 1.29 is 28.5 Å². The molecular formula is C34H36N4O6S. The molecule has 3 heterocycles. The Morgan fingerprint density at radius 3 is 2.44 bits per heavy atom. The van der Waals surface area contributed by atoms with E-state index in [1.165, 1.54) is 11.8 Å². The number of hydrogen-bond acceptors (Lipinski definition) is 8. The first kappa shape index (κ1) is 30.5. The van der Waals surface area contributed by atoms with Crippen LogP contribution in [0.3, 0.4) is 0 Å². The molecule has 0 saturated carbocycles. The summed E-state index contributed by atoms with van der Waals surface area (Å²) in [6.07, 6.45) is 1.86. The molecule has 45 heavy (non-hydrogen) atoms. The number of hydrogen-bond donors (Lipinski definition) is 1. The molecule has 2 aliphatic rings. The molecule has 0 radical (unpaired) electrons. The van der Waals surface area contributed by atoms with Gasteiger partial charge < -0.3 is 24.3 Å². The second kappa shape index (κ2) is 13.7. The number of thioether (sulfide) groups is 1. The number of carbonyl (C=O) groups excluding carboxylic acids is 2. The van der Waals surface area contributed by atoms with Crippen LogP contribution in [0.15, 0.2) is 72.8 Å². The van der Waals surface area contributed by atoms with Gasteiger partial charge in [0.25, 0.3) is 0 Å². The number of anilines is 1. The number of methoxy groups -OCH3 is 3. The molecule has 1 saturated heterocycles. The molecular weight excluding hydrogens is 592 g/mol. The van der Waals surface area contributed by atoms with E-state index in [0.29, 0.717) is 41.9 Å². The van der Waals surface area contributed by atoms with E-state index in [2.05, 4.69) is 5.32 Å². The highest BCUT2D eigenvalue weighted by Gasteiger charge is 2.39. The van der Waals surface area contributed by atoms with Crippen molar-refractivity contribution in [3.63, 3.8) is 0 Å².